The number of rotatable bonds is 7. The van der Waals surface area contributed by atoms with Gasteiger partial charge in [0, 0.05) is 33.3 Å². The van der Waals surface area contributed by atoms with E-state index in [2.05, 4.69) is 24.1 Å². The van der Waals surface area contributed by atoms with Gasteiger partial charge < -0.3 is 15.0 Å². The molecule has 1 saturated heterocycles. The molecule has 1 aliphatic heterocycles. The maximum absolute atomic E-state index is 14.3. The monoisotopic (exact) mass is 294 g/mol. The van der Waals surface area contributed by atoms with Crippen LogP contribution in [0.4, 0.5) is 10.1 Å². The van der Waals surface area contributed by atoms with E-state index in [-0.39, 0.29) is 5.82 Å². The molecule has 1 unspecified atom stereocenters. The summed E-state index contributed by atoms with van der Waals surface area (Å²) in [5.74, 6) is 1.22. The fourth-order valence-electron chi connectivity index (χ4n) is 2.99. The molecule has 0 spiro atoms. The van der Waals surface area contributed by atoms with Crippen LogP contribution in [0.2, 0.25) is 0 Å². The van der Waals surface area contributed by atoms with Gasteiger partial charge in [-0.05, 0) is 29.9 Å². The zero-order valence-electron chi connectivity index (χ0n) is 13.4. The predicted octanol–water partition coefficient (Wildman–Crippen LogP) is 3.04. The van der Waals surface area contributed by atoms with Gasteiger partial charge in [-0.15, -0.1) is 0 Å². The molecule has 1 fully saturated rings. The molecule has 4 heteroatoms. The number of methoxy groups -OCH3 is 1. The Hall–Kier alpha value is -1.13. The minimum absolute atomic E-state index is 0.106. The quantitative estimate of drug-likeness (QED) is 0.782. The summed E-state index contributed by atoms with van der Waals surface area (Å²) in [4.78, 5) is 2.22. The highest BCUT2D eigenvalue weighted by atomic mass is 19.1. The number of anilines is 1. The largest absolute Gasteiger partial charge is 0.383 e. The average molecular weight is 294 g/mol. The standard InChI is InChI=1S/C17H27FN2O/c1-13(2)15-7-9-20(12-15)17-14(5-4-6-16(17)18)11-19-8-10-21-3/h4-6,13,15,19H,7-12H2,1-3H3. The first-order chi connectivity index (χ1) is 10.1. The fourth-order valence-corrected chi connectivity index (χ4v) is 2.99. The van der Waals surface area contributed by atoms with E-state index in [1.807, 2.05) is 6.07 Å². The molecular formula is C17H27FN2O. The second kappa shape index (κ2) is 7.76. The summed E-state index contributed by atoms with van der Waals surface area (Å²) in [6.45, 7) is 8.55. The minimum atomic E-state index is -0.106. The van der Waals surface area contributed by atoms with Gasteiger partial charge in [0.05, 0.1) is 12.3 Å². The van der Waals surface area contributed by atoms with Crippen molar-refractivity contribution < 1.29 is 9.13 Å². The predicted molar refractivity (Wildman–Crippen MR) is 85.1 cm³/mol. The van der Waals surface area contributed by atoms with Gasteiger partial charge in [-0.3, -0.25) is 0 Å². The summed E-state index contributed by atoms with van der Waals surface area (Å²) in [7, 11) is 1.69. The highest BCUT2D eigenvalue weighted by Crippen LogP contribution is 2.32. The first-order valence-corrected chi connectivity index (χ1v) is 7.85. The second-order valence-corrected chi connectivity index (χ2v) is 6.16. The Morgan fingerprint density at radius 1 is 1.43 bits per heavy atom. The normalized spacial score (nSPS) is 18.7. The van der Waals surface area contributed by atoms with Crippen LogP contribution in [0.3, 0.4) is 0 Å². The van der Waals surface area contributed by atoms with Gasteiger partial charge in [0.2, 0.25) is 0 Å². The van der Waals surface area contributed by atoms with Crippen LogP contribution in [0.5, 0.6) is 0 Å². The third-order valence-corrected chi connectivity index (χ3v) is 4.35. The van der Waals surface area contributed by atoms with E-state index in [0.29, 0.717) is 25.0 Å². The molecule has 0 aromatic heterocycles. The molecule has 0 amide bonds. The van der Waals surface area contributed by atoms with E-state index >= 15 is 0 Å². The summed E-state index contributed by atoms with van der Waals surface area (Å²) >= 11 is 0. The van der Waals surface area contributed by atoms with Crippen molar-refractivity contribution in [2.75, 3.05) is 38.3 Å². The first kappa shape index (κ1) is 16.2. The Kier molecular flexibility index (Phi) is 6.00. The summed E-state index contributed by atoms with van der Waals surface area (Å²) < 4.78 is 19.3. The minimum Gasteiger partial charge on any atom is -0.383 e. The molecule has 21 heavy (non-hydrogen) atoms. The Morgan fingerprint density at radius 2 is 2.24 bits per heavy atom. The number of para-hydroxylation sites is 1. The molecule has 3 nitrogen and oxygen atoms in total. The van der Waals surface area contributed by atoms with Crippen molar-refractivity contribution in [3.63, 3.8) is 0 Å². The number of hydrogen-bond donors (Lipinski definition) is 1. The summed E-state index contributed by atoms with van der Waals surface area (Å²) in [5, 5.41) is 3.31. The number of hydrogen-bond acceptors (Lipinski definition) is 3. The van der Waals surface area contributed by atoms with Gasteiger partial charge in [0.15, 0.2) is 0 Å². The van der Waals surface area contributed by atoms with Crippen molar-refractivity contribution >= 4 is 5.69 Å². The van der Waals surface area contributed by atoms with Crippen molar-refractivity contribution in [3.05, 3.63) is 29.6 Å². The lowest BCUT2D eigenvalue weighted by molar-refractivity contribution is 0.199. The van der Waals surface area contributed by atoms with Crippen LogP contribution in [-0.2, 0) is 11.3 Å². The molecular weight excluding hydrogens is 267 g/mol. The van der Waals surface area contributed by atoms with Gasteiger partial charge in [0.25, 0.3) is 0 Å². The van der Waals surface area contributed by atoms with Crippen LogP contribution in [0, 0.1) is 17.7 Å². The molecule has 1 N–H and O–H groups in total. The van der Waals surface area contributed by atoms with Gasteiger partial charge in [0.1, 0.15) is 5.82 Å². The third kappa shape index (κ3) is 4.17. The molecule has 2 rings (SSSR count). The lowest BCUT2D eigenvalue weighted by Crippen LogP contribution is -2.26. The molecule has 0 aliphatic carbocycles. The van der Waals surface area contributed by atoms with Crippen LogP contribution < -0.4 is 10.2 Å². The van der Waals surface area contributed by atoms with Gasteiger partial charge >= 0.3 is 0 Å². The lowest BCUT2D eigenvalue weighted by Gasteiger charge is -2.24. The van der Waals surface area contributed by atoms with Crippen LogP contribution in [0.15, 0.2) is 18.2 Å². The molecule has 1 aliphatic rings. The lowest BCUT2D eigenvalue weighted by atomic mass is 9.95. The molecule has 0 radical (unpaired) electrons. The number of ether oxygens (including phenoxy) is 1. The van der Waals surface area contributed by atoms with E-state index in [1.165, 1.54) is 0 Å². The molecule has 0 saturated carbocycles. The van der Waals surface area contributed by atoms with Crippen molar-refractivity contribution in [2.24, 2.45) is 11.8 Å². The third-order valence-electron chi connectivity index (χ3n) is 4.35. The second-order valence-electron chi connectivity index (χ2n) is 6.16. The molecule has 0 bridgehead atoms. The van der Waals surface area contributed by atoms with Crippen LogP contribution >= 0.6 is 0 Å². The van der Waals surface area contributed by atoms with Gasteiger partial charge in [-0.1, -0.05) is 26.0 Å². The van der Waals surface area contributed by atoms with E-state index in [1.54, 1.807) is 19.2 Å². The first-order valence-electron chi connectivity index (χ1n) is 7.85. The van der Waals surface area contributed by atoms with E-state index in [0.717, 1.165) is 37.3 Å². The molecule has 1 atom stereocenters. The number of nitrogens with one attached hydrogen (secondary N) is 1. The topological polar surface area (TPSA) is 24.5 Å². The number of benzene rings is 1. The molecule has 1 heterocycles. The summed E-state index contributed by atoms with van der Waals surface area (Å²) in [5.41, 5.74) is 1.82. The number of halogens is 1. The Labute approximate surface area is 127 Å². The molecule has 118 valence electrons. The highest BCUT2D eigenvalue weighted by molar-refractivity contribution is 5.55. The maximum Gasteiger partial charge on any atom is 0.146 e. The summed E-state index contributed by atoms with van der Waals surface area (Å²) in [6.07, 6.45) is 1.16. The Balaban J connectivity index is 2.07. The van der Waals surface area contributed by atoms with Crippen LogP contribution in [0.25, 0.3) is 0 Å². The smallest absolute Gasteiger partial charge is 0.146 e. The zero-order chi connectivity index (χ0) is 15.2. The highest BCUT2D eigenvalue weighted by Gasteiger charge is 2.27. The van der Waals surface area contributed by atoms with Crippen molar-refractivity contribution in [1.82, 2.24) is 5.32 Å². The maximum atomic E-state index is 14.3. The Morgan fingerprint density at radius 3 is 2.90 bits per heavy atom. The van der Waals surface area contributed by atoms with E-state index in [9.17, 15) is 4.39 Å². The average Bonchev–Trinajstić information content (AvgIpc) is 2.93. The van der Waals surface area contributed by atoms with E-state index < -0.39 is 0 Å². The van der Waals surface area contributed by atoms with Crippen molar-refractivity contribution in [1.29, 1.82) is 0 Å². The fraction of sp³-hybridized carbons (Fsp3) is 0.647. The van der Waals surface area contributed by atoms with Gasteiger partial charge in [-0.2, -0.15) is 0 Å². The van der Waals surface area contributed by atoms with E-state index in [4.69, 9.17) is 4.74 Å². The van der Waals surface area contributed by atoms with Crippen LogP contribution in [0.1, 0.15) is 25.8 Å². The number of nitrogens with zero attached hydrogens (tertiary/aromatic N) is 1. The Bertz CT molecular complexity index is 450. The van der Waals surface area contributed by atoms with Crippen molar-refractivity contribution in [2.45, 2.75) is 26.8 Å². The van der Waals surface area contributed by atoms with Gasteiger partial charge in [-0.25, -0.2) is 4.39 Å². The summed E-state index contributed by atoms with van der Waals surface area (Å²) in [6, 6.07) is 5.37. The molecule has 1 aromatic rings. The zero-order valence-corrected chi connectivity index (χ0v) is 13.4. The SMILES string of the molecule is COCCNCc1cccc(F)c1N1CCC(C(C)C)C1. The van der Waals surface area contributed by atoms with Crippen LogP contribution in [-0.4, -0.2) is 33.4 Å². The molecule has 1 aromatic carbocycles. The van der Waals surface area contributed by atoms with Crippen molar-refractivity contribution in [3.8, 4) is 0 Å².